The van der Waals surface area contributed by atoms with Crippen LogP contribution < -0.4 is 14.4 Å². The number of fused-ring (bicyclic) bond motifs is 1. The summed E-state index contributed by atoms with van der Waals surface area (Å²) < 4.78 is 10.9. The van der Waals surface area contributed by atoms with Gasteiger partial charge < -0.3 is 19.5 Å². The molecule has 0 radical (unpaired) electrons. The van der Waals surface area contributed by atoms with Crippen LogP contribution in [0.3, 0.4) is 0 Å². The van der Waals surface area contributed by atoms with Gasteiger partial charge in [0.05, 0.1) is 19.3 Å². The quantitative estimate of drug-likeness (QED) is 0.920. The van der Waals surface area contributed by atoms with Crippen molar-refractivity contribution < 1.29 is 19.4 Å². The normalized spacial score (nSPS) is 16.7. The summed E-state index contributed by atoms with van der Waals surface area (Å²) in [6.45, 7) is 0.361. The summed E-state index contributed by atoms with van der Waals surface area (Å²) in [5.41, 5.74) is 1.75. The van der Waals surface area contributed by atoms with Crippen LogP contribution in [-0.4, -0.2) is 30.8 Å². The predicted octanol–water partition coefficient (Wildman–Crippen LogP) is 2.37. The van der Waals surface area contributed by atoms with Gasteiger partial charge in [-0.15, -0.1) is 0 Å². The maximum absolute atomic E-state index is 12.7. The van der Waals surface area contributed by atoms with Crippen molar-refractivity contribution in [3.8, 4) is 11.5 Å². The van der Waals surface area contributed by atoms with Crippen molar-refractivity contribution in [1.82, 2.24) is 0 Å². The molecular formula is C18H19NO4. The number of methoxy groups -OCH3 is 1. The van der Waals surface area contributed by atoms with Crippen LogP contribution in [0.25, 0.3) is 0 Å². The first-order chi connectivity index (χ1) is 11.2. The number of hydrogen-bond acceptors (Lipinski definition) is 4. The molecule has 1 amide bonds. The van der Waals surface area contributed by atoms with E-state index in [1.165, 1.54) is 0 Å². The lowest BCUT2D eigenvalue weighted by Gasteiger charge is -2.34. The summed E-state index contributed by atoms with van der Waals surface area (Å²) in [4.78, 5) is 14.4. The summed E-state index contributed by atoms with van der Waals surface area (Å²) in [5.74, 6) is 1.31. The minimum absolute atomic E-state index is 0.0883. The fourth-order valence-corrected chi connectivity index (χ4v) is 2.65. The molecule has 0 saturated carbocycles. The number of amides is 1. The Morgan fingerprint density at radius 1 is 1.17 bits per heavy atom. The lowest BCUT2D eigenvalue weighted by Crippen LogP contribution is -2.45. The van der Waals surface area contributed by atoms with Gasteiger partial charge in [0.25, 0.3) is 5.91 Å². The van der Waals surface area contributed by atoms with Crippen LogP contribution in [0.1, 0.15) is 12.0 Å². The average molecular weight is 313 g/mol. The van der Waals surface area contributed by atoms with Crippen LogP contribution in [0.4, 0.5) is 5.69 Å². The zero-order valence-electron chi connectivity index (χ0n) is 12.9. The number of carbonyl (C=O) groups is 1. The second-order valence-corrected chi connectivity index (χ2v) is 5.36. The number of para-hydroxylation sites is 2. The third kappa shape index (κ3) is 3.14. The maximum atomic E-state index is 12.7. The number of hydrogen-bond donors (Lipinski definition) is 1. The highest BCUT2D eigenvalue weighted by molar-refractivity contribution is 5.99. The fourth-order valence-electron chi connectivity index (χ4n) is 2.65. The van der Waals surface area contributed by atoms with Gasteiger partial charge in [-0.2, -0.15) is 0 Å². The van der Waals surface area contributed by atoms with Gasteiger partial charge in [0.15, 0.2) is 6.10 Å². The second kappa shape index (κ2) is 6.71. The minimum Gasteiger partial charge on any atom is -0.497 e. The molecule has 1 aliphatic rings. The van der Waals surface area contributed by atoms with E-state index in [0.717, 1.165) is 17.0 Å². The number of aliphatic hydroxyl groups is 1. The molecule has 0 saturated heterocycles. The largest absolute Gasteiger partial charge is 0.497 e. The van der Waals surface area contributed by atoms with Gasteiger partial charge in [0, 0.05) is 13.0 Å². The van der Waals surface area contributed by atoms with Crippen molar-refractivity contribution in [2.24, 2.45) is 0 Å². The molecule has 1 heterocycles. The Morgan fingerprint density at radius 3 is 2.61 bits per heavy atom. The number of rotatable bonds is 5. The van der Waals surface area contributed by atoms with E-state index in [1.54, 1.807) is 12.0 Å². The van der Waals surface area contributed by atoms with Crippen LogP contribution in [-0.2, 0) is 11.3 Å². The Balaban J connectivity index is 1.89. The molecule has 2 aromatic rings. The molecule has 23 heavy (non-hydrogen) atoms. The van der Waals surface area contributed by atoms with Gasteiger partial charge in [-0.3, -0.25) is 4.79 Å². The number of benzene rings is 2. The first kappa shape index (κ1) is 15.4. The van der Waals surface area contributed by atoms with E-state index in [9.17, 15) is 4.79 Å². The molecule has 120 valence electrons. The SMILES string of the molecule is COc1ccc(CN2C(=O)C(CCO)Oc3ccccc32)cc1. The third-order valence-corrected chi connectivity index (χ3v) is 3.86. The molecule has 0 fully saturated rings. The van der Waals surface area contributed by atoms with Crippen molar-refractivity contribution in [3.63, 3.8) is 0 Å². The van der Waals surface area contributed by atoms with Gasteiger partial charge in [0.2, 0.25) is 0 Å². The molecule has 2 aromatic carbocycles. The molecular weight excluding hydrogens is 294 g/mol. The molecule has 1 N–H and O–H groups in total. The highest BCUT2D eigenvalue weighted by Crippen LogP contribution is 2.35. The average Bonchev–Trinajstić information content (AvgIpc) is 2.59. The van der Waals surface area contributed by atoms with E-state index in [2.05, 4.69) is 0 Å². The van der Waals surface area contributed by atoms with Crippen molar-refractivity contribution in [2.45, 2.75) is 19.1 Å². The van der Waals surface area contributed by atoms with Gasteiger partial charge in [-0.05, 0) is 29.8 Å². The Labute approximate surface area is 135 Å². The van der Waals surface area contributed by atoms with Crippen molar-refractivity contribution in [1.29, 1.82) is 0 Å². The number of carbonyl (C=O) groups excluding carboxylic acids is 1. The van der Waals surface area contributed by atoms with E-state index in [4.69, 9.17) is 14.6 Å². The summed E-state index contributed by atoms with van der Waals surface area (Å²) >= 11 is 0. The van der Waals surface area contributed by atoms with E-state index in [1.807, 2.05) is 48.5 Å². The fraction of sp³-hybridized carbons (Fsp3) is 0.278. The van der Waals surface area contributed by atoms with E-state index < -0.39 is 6.10 Å². The molecule has 3 rings (SSSR count). The minimum atomic E-state index is -0.645. The zero-order valence-corrected chi connectivity index (χ0v) is 12.9. The Morgan fingerprint density at radius 2 is 1.91 bits per heavy atom. The van der Waals surface area contributed by atoms with Crippen LogP contribution in [0.2, 0.25) is 0 Å². The highest BCUT2D eigenvalue weighted by atomic mass is 16.5. The van der Waals surface area contributed by atoms with E-state index >= 15 is 0 Å². The number of anilines is 1. The third-order valence-electron chi connectivity index (χ3n) is 3.86. The molecule has 1 aliphatic heterocycles. The van der Waals surface area contributed by atoms with Crippen molar-refractivity contribution >= 4 is 11.6 Å². The summed E-state index contributed by atoms with van der Waals surface area (Å²) in [5, 5.41) is 9.15. The topological polar surface area (TPSA) is 59.0 Å². The molecule has 5 nitrogen and oxygen atoms in total. The molecule has 5 heteroatoms. The van der Waals surface area contributed by atoms with Crippen LogP contribution >= 0.6 is 0 Å². The lowest BCUT2D eigenvalue weighted by molar-refractivity contribution is -0.127. The van der Waals surface area contributed by atoms with Crippen LogP contribution in [0, 0.1) is 0 Å². The number of nitrogens with zero attached hydrogens (tertiary/aromatic N) is 1. The Bertz CT molecular complexity index is 684. The Kier molecular flexibility index (Phi) is 4.48. The van der Waals surface area contributed by atoms with E-state index in [-0.39, 0.29) is 18.9 Å². The maximum Gasteiger partial charge on any atom is 0.268 e. The van der Waals surface area contributed by atoms with E-state index in [0.29, 0.717) is 12.3 Å². The number of aliphatic hydroxyl groups excluding tert-OH is 1. The molecule has 1 unspecified atom stereocenters. The zero-order chi connectivity index (χ0) is 16.2. The molecule has 0 aromatic heterocycles. The molecule has 0 bridgehead atoms. The summed E-state index contributed by atoms with van der Waals surface area (Å²) in [6, 6.07) is 15.1. The lowest BCUT2D eigenvalue weighted by atomic mass is 10.1. The van der Waals surface area contributed by atoms with Crippen molar-refractivity contribution in [3.05, 3.63) is 54.1 Å². The van der Waals surface area contributed by atoms with Crippen LogP contribution in [0.15, 0.2) is 48.5 Å². The molecule has 0 spiro atoms. The van der Waals surface area contributed by atoms with Gasteiger partial charge in [-0.25, -0.2) is 0 Å². The van der Waals surface area contributed by atoms with Crippen molar-refractivity contribution in [2.75, 3.05) is 18.6 Å². The smallest absolute Gasteiger partial charge is 0.268 e. The van der Waals surface area contributed by atoms with Gasteiger partial charge in [0.1, 0.15) is 11.5 Å². The van der Waals surface area contributed by atoms with Gasteiger partial charge >= 0.3 is 0 Å². The Hall–Kier alpha value is -2.53. The predicted molar refractivity (Wildman–Crippen MR) is 86.7 cm³/mol. The summed E-state index contributed by atoms with van der Waals surface area (Å²) in [6.07, 6.45) is -0.361. The molecule has 0 aliphatic carbocycles. The first-order valence-corrected chi connectivity index (χ1v) is 7.54. The highest BCUT2D eigenvalue weighted by Gasteiger charge is 2.33. The standard InChI is InChI=1S/C18H19NO4/c1-22-14-8-6-13(7-9-14)12-19-15-4-2-3-5-16(15)23-17(10-11-20)18(19)21/h2-9,17,20H,10-12H2,1H3. The number of ether oxygens (including phenoxy) is 2. The monoisotopic (exact) mass is 313 g/mol. The van der Waals surface area contributed by atoms with Gasteiger partial charge in [-0.1, -0.05) is 24.3 Å². The second-order valence-electron chi connectivity index (χ2n) is 5.36. The summed E-state index contributed by atoms with van der Waals surface area (Å²) in [7, 11) is 1.62. The van der Waals surface area contributed by atoms with Crippen LogP contribution in [0.5, 0.6) is 11.5 Å². The first-order valence-electron chi connectivity index (χ1n) is 7.54. The molecule has 1 atom stereocenters.